The Bertz CT molecular complexity index is 826. The van der Waals surface area contributed by atoms with Gasteiger partial charge in [-0.25, -0.2) is 0 Å². The maximum absolute atomic E-state index is 8.80. The molecule has 0 aliphatic rings. The Labute approximate surface area is 122 Å². The quantitative estimate of drug-likeness (QED) is 0.725. The maximum atomic E-state index is 8.80. The zero-order valence-corrected chi connectivity index (χ0v) is 11.2. The minimum absolute atomic E-state index is 0.424. The van der Waals surface area contributed by atoms with Gasteiger partial charge in [-0.05, 0) is 35.9 Å². The van der Waals surface area contributed by atoms with Crippen molar-refractivity contribution in [2.45, 2.75) is 0 Å². The second kappa shape index (κ2) is 5.43. The highest BCUT2D eigenvalue weighted by atomic mass is 16.4. The van der Waals surface area contributed by atoms with Crippen molar-refractivity contribution in [2.24, 2.45) is 0 Å². The van der Waals surface area contributed by atoms with E-state index in [0.29, 0.717) is 17.3 Å². The summed E-state index contributed by atoms with van der Waals surface area (Å²) in [6.45, 7) is 3.78. The van der Waals surface area contributed by atoms with Crippen LogP contribution in [0.3, 0.4) is 0 Å². The molecule has 21 heavy (non-hydrogen) atoms. The van der Waals surface area contributed by atoms with Crippen molar-refractivity contribution in [1.82, 2.24) is 10.2 Å². The molecule has 0 radical (unpaired) electrons. The first-order valence-electron chi connectivity index (χ1n) is 6.37. The third kappa shape index (κ3) is 2.45. The molecule has 100 valence electrons. The van der Waals surface area contributed by atoms with Gasteiger partial charge in [0.1, 0.15) is 0 Å². The molecular formula is C17H11N3O. The largest absolute Gasteiger partial charge is 0.416 e. The van der Waals surface area contributed by atoms with Crippen LogP contribution in [0.4, 0.5) is 0 Å². The summed E-state index contributed by atoms with van der Waals surface area (Å²) in [4.78, 5) is 0. The van der Waals surface area contributed by atoms with Crippen LogP contribution in [0.25, 0.3) is 29.0 Å². The fourth-order valence-electron chi connectivity index (χ4n) is 2.01. The second-order valence-electron chi connectivity index (χ2n) is 4.39. The number of benzene rings is 2. The van der Waals surface area contributed by atoms with Gasteiger partial charge in [0, 0.05) is 11.1 Å². The molecule has 4 heteroatoms. The van der Waals surface area contributed by atoms with Crippen LogP contribution in [0, 0.1) is 11.3 Å². The lowest BCUT2D eigenvalue weighted by Gasteiger charge is -1.99. The second-order valence-corrected chi connectivity index (χ2v) is 4.39. The third-order valence-electron chi connectivity index (χ3n) is 3.10. The molecule has 0 amide bonds. The molecule has 0 fully saturated rings. The Morgan fingerprint density at radius 2 is 1.71 bits per heavy atom. The number of nitriles is 1. The van der Waals surface area contributed by atoms with Crippen LogP contribution < -0.4 is 0 Å². The Morgan fingerprint density at radius 1 is 1.00 bits per heavy atom. The predicted octanol–water partition coefficient (Wildman–Crippen LogP) is 3.92. The molecule has 0 N–H and O–H groups in total. The van der Waals surface area contributed by atoms with Gasteiger partial charge in [-0.1, -0.05) is 30.9 Å². The fraction of sp³-hybridized carbons (Fsp3) is 0. The first-order valence-corrected chi connectivity index (χ1v) is 6.37. The topological polar surface area (TPSA) is 62.7 Å². The van der Waals surface area contributed by atoms with Crippen LogP contribution in [0.2, 0.25) is 0 Å². The lowest BCUT2D eigenvalue weighted by Crippen LogP contribution is -1.82. The summed E-state index contributed by atoms with van der Waals surface area (Å²) in [5, 5.41) is 16.9. The Kier molecular flexibility index (Phi) is 3.32. The van der Waals surface area contributed by atoms with E-state index < -0.39 is 0 Å². The number of rotatable bonds is 3. The van der Waals surface area contributed by atoms with E-state index in [1.165, 1.54) is 0 Å². The summed E-state index contributed by atoms with van der Waals surface area (Å²) in [7, 11) is 0. The summed E-state index contributed by atoms with van der Waals surface area (Å²) in [5.74, 6) is 0.873. The Morgan fingerprint density at radius 3 is 2.43 bits per heavy atom. The number of hydrogen-bond donors (Lipinski definition) is 0. The van der Waals surface area contributed by atoms with Crippen LogP contribution in [0.1, 0.15) is 11.1 Å². The molecule has 0 unspecified atom stereocenters. The summed E-state index contributed by atoms with van der Waals surface area (Å²) in [6.07, 6.45) is 1.75. The third-order valence-corrected chi connectivity index (χ3v) is 3.10. The summed E-state index contributed by atoms with van der Waals surface area (Å²) >= 11 is 0. The van der Waals surface area contributed by atoms with Gasteiger partial charge in [-0.15, -0.1) is 10.2 Å². The lowest BCUT2D eigenvalue weighted by molar-refractivity contribution is 0.584. The minimum Gasteiger partial charge on any atom is -0.416 e. The average Bonchev–Trinajstić information content (AvgIpc) is 3.04. The Hall–Kier alpha value is -3.19. The van der Waals surface area contributed by atoms with Gasteiger partial charge in [0.05, 0.1) is 11.6 Å². The van der Waals surface area contributed by atoms with Crippen molar-refractivity contribution in [3.05, 3.63) is 66.2 Å². The highest BCUT2D eigenvalue weighted by Gasteiger charge is 2.12. The normalized spacial score (nSPS) is 10.0. The summed E-state index contributed by atoms with van der Waals surface area (Å²) < 4.78 is 5.72. The van der Waals surface area contributed by atoms with E-state index in [4.69, 9.17) is 9.68 Å². The molecule has 0 atom stereocenters. The van der Waals surface area contributed by atoms with Gasteiger partial charge in [0.15, 0.2) is 0 Å². The van der Waals surface area contributed by atoms with Crippen LogP contribution in [-0.4, -0.2) is 10.2 Å². The minimum atomic E-state index is 0.424. The van der Waals surface area contributed by atoms with E-state index >= 15 is 0 Å². The van der Waals surface area contributed by atoms with Crippen molar-refractivity contribution in [3.63, 3.8) is 0 Å². The predicted molar refractivity (Wildman–Crippen MR) is 80.0 cm³/mol. The molecule has 1 aromatic heterocycles. The molecule has 0 saturated heterocycles. The first-order chi connectivity index (χ1) is 10.3. The standard InChI is InChI=1S/C17H11N3O/c1-2-13-5-3-4-6-15(13)17-20-19-16(21-17)14-9-7-12(11-18)8-10-14/h2-10H,1H2. The number of hydrogen-bond acceptors (Lipinski definition) is 4. The van der Waals surface area contributed by atoms with E-state index in [-0.39, 0.29) is 0 Å². The van der Waals surface area contributed by atoms with Gasteiger partial charge in [0.25, 0.3) is 0 Å². The monoisotopic (exact) mass is 273 g/mol. The van der Waals surface area contributed by atoms with Crippen LogP contribution in [0.5, 0.6) is 0 Å². The fourth-order valence-corrected chi connectivity index (χ4v) is 2.01. The highest BCUT2D eigenvalue weighted by Crippen LogP contribution is 2.26. The zero-order chi connectivity index (χ0) is 14.7. The van der Waals surface area contributed by atoms with E-state index in [1.54, 1.807) is 30.3 Å². The molecule has 3 rings (SSSR count). The molecule has 0 bridgehead atoms. The molecule has 0 aliphatic heterocycles. The van der Waals surface area contributed by atoms with Crippen molar-refractivity contribution in [1.29, 1.82) is 5.26 Å². The van der Waals surface area contributed by atoms with Crippen LogP contribution in [-0.2, 0) is 0 Å². The maximum Gasteiger partial charge on any atom is 0.248 e. The lowest BCUT2D eigenvalue weighted by atomic mass is 10.1. The van der Waals surface area contributed by atoms with Gasteiger partial charge in [-0.3, -0.25) is 0 Å². The van der Waals surface area contributed by atoms with Crippen LogP contribution >= 0.6 is 0 Å². The van der Waals surface area contributed by atoms with Gasteiger partial charge < -0.3 is 4.42 Å². The average molecular weight is 273 g/mol. The summed E-state index contributed by atoms with van der Waals surface area (Å²) in [5.41, 5.74) is 3.16. The molecule has 0 spiro atoms. The molecule has 1 heterocycles. The van der Waals surface area contributed by atoms with E-state index in [9.17, 15) is 0 Å². The van der Waals surface area contributed by atoms with E-state index in [1.807, 2.05) is 24.3 Å². The van der Waals surface area contributed by atoms with E-state index in [0.717, 1.165) is 16.7 Å². The molecule has 2 aromatic carbocycles. The summed E-state index contributed by atoms with van der Waals surface area (Å²) in [6, 6.07) is 16.8. The number of aromatic nitrogens is 2. The highest BCUT2D eigenvalue weighted by molar-refractivity contribution is 5.69. The Balaban J connectivity index is 1.99. The molecule has 0 aliphatic carbocycles. The molecular weight excluding hydrogens is 262 g/mol. The van der Waals surface area contributed by atoms with Gasteiger partial charge in [0.2, 0.25) is 11.8 Å². The van der Waals surface area contributed by atoms with Crippen molar-refractivity contribution < 1.29 is 4.42 Å². The number of nitrogens with zero attached hydrogens (tertiary/aromatic N) is 3. The molecule has 3 aromatic rings. The molecule has 4 nitrogen and oxygen atoms in total. The SMILES string of the molecule is C=Cc1ccccc1-c1nnc(-c2ccc(C#N)cc2)o1. The first kappa shape index (κ1) is 12.8. The van der Waals surface area contributed by atoms with Gasteiger partial charge >= 0.3 is 0 Å². The van der Waals surface area contributed by atoms with Crippen molar-refractivity contribution in [2.75, 3.05) is 0 Å². The van der Waals surface area contributed by atoms with Crippen molar-refractivity contribution >= 4 is 6.08 Å². The van der Waals surface area contributed by atoms with Gasteiger partial charge in [-0.2, -0.15) is 5.26 Å². The smallest absolute Gasteiger partial charge is 0.248 e. The van der Waals surface area contributed by atoms with Crippen molar-refractivity contribution in [3.8, 4) is 29.0 Å². The zero-order valence-electron chi connectivity index (χ0n) is 11.2. The molecule has 0 saturated carbocycles. The van der Waals surface area contributed by atoms with Crippen LogP contribution in [0.15, 0.2) is 59.5 Å². The van der Waals surface area contributed by atoms with E-state index in [2.05, 4.69) is 22.8 Å².